The summed E-state index contributed by atoms with van der Waals surface area (Å²) in [4.78, 5) is 24.0. The molecule has 0 fully saturated rings. The maximum Gasteiger partial charge on any atom is 0.251 e. The Balaban J connectivity index is 1.84. The Morgan fingerprint density at radius 2 is 1.67 bits per heavy atom. The summed E-state index contributed by atoms with van der Waals surface area (Å²) < 4.78 is 0. The summed E-state index contributed by atoms with van der Waals surface area (Å²) in [5, 5.41) is 5.78. The standard InChI is InChI=1S/C20H24N2O2/c1-3-15(2)21-20(24)17-10-12-18(13-11-17)22-19(23)14-9-16-7-5-4-6-8-16/h4-8,10-13,15H,3,9,14H2,1-2H3,(H,21,24)(H,22,23)/t15-/m0/s1. The molecule has 2 rings (SSSR count). The molecule has 0 bridgehead atoms. The monoisotopic (exact) mass is 324 g/mol. The van der Waals surface area contributed by atoms with Gasteiger partial charge in [0.15, 0.2) is 0 Å². The third-order valence-corrected chi connectivity index (χ3v) is 3.90. The molecule has 0 aliphatic rings. The van der Waals surface area contributed by atoms with Gasteiger partial charge >= 0.3 is 0 Å². The molecule has 0 radical (unpaired) electrons. The molecule has 2 amide bonds. The highest BCUT2D eigenvalue weighted by molar-refractivity contribution is 5.96. The Bertz CT molecular complexity index is 666. The average Bonchev–Trinajstić information content (AvgIpc) is 2.61. The van der Waals surface area contributed by atoms with E-state index in [0.717, 1.165) is 12.0 Å². The van der Waals surface area contributed by atoms with E-state index in [-0.39, 0.29) is 17.9 Å². The van der Waals surface area contributed by atoms with Gasteiger partial charge in [0.25, 0.3) is 5.91 Å². The zero-order valence-electron chi connectivity index (χ0n) is 14.2. The average molecular weight is 324 g/mol. The van der Waals surface area contributed by atoms with Gasteiger partial charge in [-0.25, -0.2) is 0 Å². The van der Waals surface area contributed by atoms with E-state index in [1.54, 1.807) is 24.3 Å². The van der Waals surface area contributed by atoms with E-state index in [2.05, 4.69) is 10.6 Å². The molecule has 2 aromatic rings. The van der Waals surface area contributed by atoms with E-state index in [1.807, 2.05) is 44.2 Å². The number of carbonyl (C=O) groups is 2. The molecule has 24 heavy (non-hydrogen) atoms. The molecular formula is C20H24N2O2. The van der Waals surface area contributed by atoms with Crippen molar-refractivity contribution in [3.8, 4) is 0 Å². The largest absolute Gasteiger partial charge is 0.350 e. The Labute approximate surface area is 143 Å². The van der Waals surface area contributed by atoms with E-state index in [9.17, 15) is 9.59 Å². The van der Waals surface area contributed by atoms with Crippen molar-refractivity contribution in [3.63, 3.8) is 0 Å². The lowest BCUT2D eigenvalue weighted by molar-refractivity contribution is -0.116. The van der Waals surface area contributed by atoms with E-state index in [1.165, 1.54) is 0 Å². The molecule has 0 aliphatic heterocycles. The molecule has 0 spiro atoms. The van der Waals surface area contributed by atoms with Crippen molar-refractivity contribution >= 4 is 17.5 Å². The normalized spacial score (nSPS) is 11.6. The molecule has 2 N–H and O–H groups in total. The van der Waals surface area contributed by atoms with E-state index in [0.29, 0.717) is 24.1 Å². The van der Waals surface area contributed by atoms with Crippen molar-refractivity contribution in [1.82, 2.24) is 5.32 Å². The van der Waals surface area contributed by atoms with Crippen LogP contribution in [0.3, 0.4) is 0 Å². The summed E-state index contributed by atoms with van der Waals surface area (Å²) in [5.74, 6) is -0.123. The van der Waals surface area contributed by atoms with Crippen LogP contribution in [0.15, 0.2) is 54.6 Å². The van der Waals surface area contributed by atoms with Crippen molar-refractivity contribution in [2.75, 3.05) is 5.32 Å². The highest BCUT2D eigenvalue weighted by Crippen LogP contribution is 2.11. The van der Waals surface area contributed by atoms with E-state index >= 15 is 0 Å². The molecule has 0 aliphatic carbocycles. The molecule has 0 aromatic heterocycles. The van der Waals surface area contributed by atoms with Gasteiger partial charge in [-0.3, -0.25) is 9.59 Å². The number of anilines is 1. The number of hydrogen-bond acceptors (Lipinski definition) is 2. The second kappa shape index (κ2) is 8.87. The number of benzene rings is 2. The van der Waals surface area contributed by atoms with Crippen LogP contribution in [-0.2, 0) is 11.2 Å². The van der Waals surface area contributed by atoms with Gasteiger partial charge in [-0.05, 0) is 49.6 Å². The zero-order chi connectivity index (χ0) is 17.4. The summed E-state index contributed by atoms with van der Waals surface area (Å²) in [6.07, 6.45) is 2.03. The maximum atomic E-state index is 12.0. The van der Waals surface area contributed by atoms with Crippen LogP contribution in [0, 0.1) is 0 Å². The van der Waals surface area contributed by atoms with E-state index < -0.39 is 0 Å². The minimum absolute atomic E-state index is 0.0318. The Morgan fingerprint density at radius 1 is 1.00 bits per heavy atom. The summed E-state index contributed by atoms with van der Waals surface area (Å²) >= 11 is 0. The van der Waals surface area contributed by atoms with Crippen molar-refractivity contribution in [1.29, 1.82) is 0 Å². The molecule has 0 heterocycles. The van der Waals surface area contributed by atoms with Crippen molar-refractivity contribution < 1.29 is 9.59 Å². The lowest BCUT2D eigenvalue weighted by Gasteiger charge is -2.11. The molecule has 4 heteroatoms. The quantitative estimate of drug-likeness (QED) is 0.814. The van der Waals surface area contributed by atoms with Crippen LogP contribution >= 0.6 is 0 Å². The summed E-state index contributed by atoms with van der Waals surface area (Å²) in [5.41, 5.74) is 2.44. The molecule has 1 atom stereocenters. The summed E-state index contributed by atoms with van der Waals surface area (Å²) in [6, 6.07) is 17.0. The number of rotatable bonds is 7. The minimum Gasteiger partial charge on any atom is -0.350 e. The lowest BCUT2D eigenvalue weighted by Crippen LogP contribution is -2.31. The fourth-order valence-corrected chi connectivity index (χ4v) is 2.24. The first-order valence-corrected chi connectivity index (χ1v) is 8.33. The van der Waals surface area contributed by atoms with Gasteiger partial charge in [0.05, 0.1) is 0 Å². The first kappa shape index (κ1) is 17.7. The Kier molecular flexibility index (Phi) is 6.55. The van der Waals surface area contributed by atoms with Gasteiger partial charge in [0, 0.05) is 23.7 Å². The third-order valence-electron chi connectivity index (χ3n) is 3.90. The van der Waals surface area contributed by atoms with Gasteiger partial charge < -0.3 is 10.6 Å². The molecule has 0 saturated heterocycles. The fourth-order valence-electron chi connectivity index (χ4n) is 2.24. The highest BCUT2D eigenvalue weighted by Gasteiger charge is 2.09. The first-order chi connectivity index (χ1) is 11.6. The van der Waals surface area contributed by atoms with Gasteiger partial charge in [0.2, 0.25) is 5.91 Å². The molecule has 4 nitrogen and oxygen atoms in total. The minimum atomic E-state index is -0.0914. The molecule has 126 valence electrons. The van der Waals surface area contributed by atoms with Gasteiger partial charge in [0.1, 0.15) is 0 Å². The second-order valence-electron chi connectivity index (χ2n) is 5.89. The lowest BCUT2D eigenvalue weighted by atomic mass is 10.1. The zero-order valence-corrected chi connectivity index (χ0v) is 14.2. The smallest absolute Gasteiger partial charge is 0.251 e. The predicted molar refractivity (Wildman–Crippen MR) is 97.1 cm³/mol. The number of hydrogen-bond donors (Lipinski definition) is 2. The van der Waals surface area contributed by atoms with Crippen LogP contribution < -0.4 is 10.6 Å². The fraction of sp³-hybridized carbons (Fsp3) is 0.300. The predicted octanol–water partition coefficient (Wildman–Crippen LogP) is 3.79. The third kappa shape index (κ3) is 5.54. The van der Waals surface area contributed by atoms with Crippen LogP contribution in [0.5, 0.6) is 0 Å². The van der Waals surface area contributed by atoms with Crippen LogP contribution in [0.25, 0.3) is 0 Å². The Hall–Kier alpha value is -2.62. The first-order valence-electron chi connectivity index (χ1n) is 8.33. The number of aryl methyl sites for hydroxylation is 1. The highest BCUT2D eigenvalue weighted by atomic mass is 16.2. The Morgan fingerprint density at radius 3 is 2.29 bits per heavy atom. The maximum absolute atomic E-state index is 12.0. The number of carbonyl (C=O) groups excluding carboxylic acids is 2. The van der Waals surface area contributed by atoms with E-state index in [4.69, 9.17) is 0 Å². The van der Waals surface area contributed by atoms with Crippen molar-refractivity contribution in [2.45, 2.75) is 39.2 Å². The topological polar surface area (TPSA) is 58.2 Å². The number of amides is 2. The summed E-state index contributed by atoms with van der Waals surface area (Å²) in [7, 11) is 0. The van der Waals surface area contributed by atoms with Crippen LogP contribution in [0.4, 0.5) is 5.69 Å². The molecule has 2 aromatic carbocycles. The molecule has 0 saturated carbocycles. The van der Waals surface area contributed by atoms with Crippen LogP contribution in [0.1, 0.15) is 42.6 Å². The van der Waals surface area contributed by atoms with Crippen LogP contribution in [0.2, 0.25) is 0 Å². The van der Waals surface area contributed by atoms with Gasteiger partial charge in [-0.2, -0.15) is 0 Å². The number of nitrogens with one attached hydrogen (secondary N) is 2. The van der Waals surface area contributed by atoms with Gasteiger partial charge in [-0.1, -0.05) is 37.3 Å². The molecule has 0 unspecified atom stereocenters. The summed E-state index contributed by atoms with van der Waals surface area (Å²) in [6.45, 7) is 4.00. The van der Waals surface area contributed by atoms with Crippen LogP contribution in [-0.4, -0.2) is 17.9 Å². The molecular weight excluding hydrogens is 300 g/mol. The van der Waals surface area contributed by atoms with Crippen molar-refractivity contribution in [2.24, 2.45) is 0 Å². The van der Waals surface area contributed by atoms with Crippen molar-refractivity contribution in [3.05, 3.63) is 65.7 Å². The second-order valence-corrected chi connectivity index (χ2v) is 5.89. The van der Waals surface area contributed by atoms with Gasteiger partial charge in [-0.15, -0.1) is 0 Å². The SMILES string of the molecule is CC[C@H](C)NC(=O)c1ccc(NC(=O)CCc2ccccc2)cc1.